The molecular formula is C11H9F2N. The molecule has 0 atom stereocenters. The molecule has 72 valence electrons. The number of nitrogens with zero attached hydrogens (tertiary/aromatic N) is 1. The molecule has 0 aliphatic rings. The van der Waals surface area contributed by atoms with Gasteiger partial charge in [0.15, 0.2) is 0 Å². The molecule has 3 heteroatoms. The first-order valence-corrected chi connectivity index (χ1v) is 4.31. The van der Waals surface area contributed by atoms with E-state index in [9.17, 15) is 8.78 Å². The van der Waals surface area contributed by atoms with Crippen molar-refractivity contribution in [3.63, 3.8) is 0 Å². The van der Waals surface area contributed by atoms with Crippen LogP contribution < -0.4 is 0 Å². The van der Waals surface area contributed by atoms with Gasteiger partial charge < -0.3 is 0 Å². The van der Waals surface area contributed by atoms with Crippen LogP contribution in [0.5, 0.6) is 0 Å². The summed E-state index contributed by atoms with van der Waals surface area (Å²) in [6, 6.07) is 3.97. The van der Waals surface area contributed by atoms with Gasteiger partial charge in [0.25, 0.3) is 0 Å². The summed E-state index contributed by atoms with van der Waals surface area (Å²) in [5.41, 5.74) is 1.52. The van der Waals surface area contributed by atoms with E-state index in [4.69, 9.17) is 0 Å². The molecule has 1 nitrogen and oxygen atoms in total. The first-order valence-electron chi connectivity index (χ1n) is 4.31. The standard InChI is InChI=1S/C11H9F2N/c1-6-5-7(2)14-11-9(13)4-3-8(12)10(6)11/h3-5H,1-2H3. The zero-order valence-corrected chi connectivity index (χ0v) is 7.94. The third-order valence-electron chi connectivity index (χ3n) is 2.19. The van der Waals surface area contributed by atoms with Crippen LogP contribution in [0.3, 0.4) is 0 Å². The van der Waals surface area contributed by atoms with E-state index in [1.165, 1.54) is 0 Å². The summed E-state index contributed by atoms with van der Waals surface area (Å²) in [7, 11) is 0. The second kappa shape index (κ2) is 3.01. The van der Waals surface area contributed by atoms with Crippen molar-refractivity contribution in [2.24, 2.45) is 0 Å². The highest BCUT2D eigenvalue weighted by molar-refractivity contribution is 5.83. The van der Waals surface area contributed by atoms with Gasteiger partial charge in [0.1, 0.15) is 17.2 Å². The van der Waals surface area contributed by atoms with Crippen LogP contribution >= 0.6 is 0 Å². The molecule has 0 saturated carbocycles. The summed E-state index contributed by atoms with van der Waals surface area (Å²) in [4.78, 5) is 3.98. The van der Waals surface area contributed by atoms with Crippen molar-refractivity contribution in [1.82, 2.24) is 4.98 Å². The van der Waals surface area contributed by atoms with Crippen molar-refractivity contribution < 1.29 is 8.78 Å². The largest absolute Gasteiger partial charge is 0.250 e. The Morgan fingerprint density at radius 1 is 1.07 bits per heavy atom. The lowest BCUT2D eigenvalue weighted by Crippen LogP contribution is -1.93. The molecule has 0 spiro atoms. The van der Waals surface area contributed by atoms with Crippen LogP contribution in [0.25, 0.3) is 10.9 Å². The lowest BCUT2D eigenvalue weighted by Gasteiger charge is -2.05. The molecule has 2 rings (SSSR count). The number of pyridine rings is 1. The van der Waals surface area contributed by atoms with Gasteiger partial charge in [-0.1, -0.05) is 0 Å². The van der Waals surface area contributed by atoms with E-state index >= 15 is 0 Å². The fourth-order valence-corrected chi connectivity index (χ4v) is 1.62. The third-order valence-corrected chi connectivity index (χ3v) is 2.19. The van der Waals surface area contributed by atoms with E-state index in [2.05, 4.69) is 4.98 Å². The second-order valence-corrected chi connectivity index (χ2v) is 3.33. The first-order chi connectivity index (χ1) is 6.59. The van der Waals surface area contributed by atoms with E-state index < -0.39 is 11.6 Å². The molecule has 0 aliphatic carbocycles. The number of hydrogen-bond donors (Lipinski definition) is 0. The van der Waals surface area contributed by atoms with Crippen LogP contribution in [0.2, 0.25) is 0 Å². The highest BCUT2D eigenvalue weighted by Gasteiger charge is 2.09. The Bertz CT molecular complexity index is 506. The maximum absolute atomic E-state index is 13.4. The maximum Gasteiger partial charge on any atom is 0.149 e. The number of aryl methyl sites for hydroxylation is 2. The van der Waals surface area contributed by atoms with Gasteiger partial charge in [-0.25, -0.2) is 13.8 Å². The average molecular weight is 193 g/mol. The quantitative estimate of drug-likeness (QED) is 0.626. The third kappa shape index (κ3) is 1.25. The molecule has 0 amide bonds. The average Bonchev–Trinajstić information content (AvgIpc) is 2.10. The Balaban J connectivity index is 3.00. The molecular weight excluding hydrogens is 184 g/mol. The van der Waals surface area contributed by atoms with Gasteiger partial charge in [-0.05, 0) is 37.6 Å². The summed E-state index contributed by atoms with van der Waals surface area (Å²) in [5.74, 6) is -0.903. The molecule has 1 aromatic heterocycles. The van der Waals surface area contributed by atoms with Crippen molar-refractivity contribution >= 4 is 10.9 Å². The smallest absolute Gasteiger partial charge is 0.149 e. The lowest BCUT2D eigenvalue weighted by molar-refractivity contribution is 0.614. The molecule has 0 N–H and O–H groups in total. The van der Waals surface area contributed by atoms with Gasteiger partial charge >= 0.3 is 0 Å². The molecule has 0 fully saturated rings. The summed E-state index contributed by atoms with van der Waals surface area (Å²) in [6.07, 6.45) is 0. The Kier molecular flexibility index (Phi) is 1.95. The van der Waals surface area contributed by atoms with Crippen molar-refractivity contribution in [2.75, 3.05) is 0 Å². The van der Waals surface area contributed by atoms with Gasteiger partial charge in [-0.2, -0.15) is 0 Å². The molecule has 0 aliphatic heterocycles. The van der Waals surface area contributed by atoms with Crippen molar-refractivity contribution in [3.8, 4) is 0 Å². The monoisotopic (exact) mass is 193 g/mol. The normalized spacial score (nSPS) is 10.9. The van der Waals surface area contributed by atoms with Crippen LogP contribution in [0.15, 0.2) is 18.2 Å². The Labute approximate surface area is 80.4 Å². The highest BCUT2D eigenvalue weighted by Crippen LogP contribution is 2.23. The van der Waals surface area contributed by atoms with Gasteiger partial charge in [0, 0.05) is 11.1 Å². The van der Waals surface area contributed by atoms with E-state index in [-0.39, 0.29) is 10.9 Å². The van der Waals surface area contributed by atoms with Gasteiger partial charge in [0.2, 0.25) is 0 Å². The van der Waals surface area contributed by atoms with Gasteiger partial charge in [0.05, 0.1) is 0 Å². The maximum atomic E-state index is 13.4. The van der Waals surface area contributed by atoms with Crippen molar-refractivity contribution in [1.29, 1.82) is 0 Å². The molecule has 0 unspecified atom stereocenters. The van der Waals surface area contributed by atoms with Crippen LogP contribution in [0.4, 0.5) is 8.78 Å². The first kappa shape index (κ1) is 9.06. The number of aromatic nitrogens is 1. The van der Waals surface area contributed by atoms with Crippen LogP contribution in [0.1, 0.15) is 11.3 Å². The van der Waals surface area contributed by atoms with Gasteiger partial charge in [-0.15, -0.1) is 0 Å². The topological polar surface area (TPSA) is 12.9 Å². The summed E-state index contributed by atoms with van der Waals surface area (Å²) < 4.78 is 26.6. The van der Waals surface area contributed by atoms with Crippen LogP contribution in [-0.2, 0) is 0 Å². The number of rotatable bonds is 0. The summed E-state index contributed by atoms with van der Waals surface area (Å²) in [6.45, 7) is 3.51. The lowest BCUT2D eigenvalue weighted by atomic mass is 10.1. The van der Waals surface area contributed by atoms with Gasteiger partial charge in [-0.3, -0.25) is 0 Å². The number of fused-ring (bicyclic) bond motifs is 1. The number of halogens is 2. The predicted molar refractivity (Wildman–Crippen MR) is 51.1 cm³/mol. The molecule has 2 aromatic rings. The predicted octanol–water partition coefficient (Wildman–Crippen LogP) is 3.13. The number of hydrogen-bond acceptors (Lipinski definition) is 1. The molecule has 0 bridgehead atoms. The summed E-state index contributed by atoms with van der Waals surface area (Å²) in [5, 5.41) is 0.274. The minimum atomic E-state index is -0.479. The van der Waals surface area contributed by atoms with Crippen LogP contribution in [-0.4, -0.2) is 4.98 Å². The Morgan fingerprint density at radius 3 is 2.43 bits per heavy atom. The van der Waals surface area contributed by atoms with Crippen LogP contribution in [0, 0.1) is 25.5 Å². The zero-order valence-electron chi connectivity index (χ0n) is 7.94. The fourth-order valence-electron chi connectivity index (χ4n) is 1.62. The molecule has 1 heterocycles. The van der Waals surface area contributed by atoms with Crippen molar-refractivity contribution in [2.45, 2.75) is 13.8 Å². The molecule has 1 aromatic carbocycles. The molecule has 0 radical (unpaired) electrons. The van der Waals surface area contributed by atoms with E-state index in [0.29, 0.717) is 11.3 Å². The Hall–Kier alpha value is -1.51. The molecule has 14 heavy (non-hydrogen) atoms. The second-order valence-electron chi connectivity index (χ2n) is 3.33. The zero-order chi connectivity index (χ0) is 10.3. The number of benzene rings is 1. The summed E-state index contributed by atoms with van der Waals surface area (Å²) >= 11 is 0. The van der Waals surface area contributed by atoms with E-state index in [1.54, 1.807) is 19.9 Å². The van der Waals surface area contributed by atoms with E-state index in [1.807, 2.05) is 0 Å². The fraction of sp³-hybridized carbons (Fsp3) is 0.182. The highest BCUT2D eigenvalue weighted by atomic mass is 19.1. The Morgan fingerprint density at radius 2 is 1.71 bits per heavy atom. The SMILES string of the molecule is Cc1cc(C)c2c(F)ccc(F)c2n1. The van der Waals surface area contributed by atoms with Crippen molar-refractivity contribution in [3.05, 3.63) is 41.1 Å². The van der Waals surface area contributed by atoms with E-state index in [0.717, 1.165) is 12.1 Å². The minimum Gasteiger partial charge on any atom is -0.250 e. The minimum absolute atomic E-state index is 0.113. The molecule has 0 saturated heterocycles.